The summed E-state index contributed by atoms with van der Waals surface area (Å²) in [7, 11) is -3.77. The second-order valence-corrected chi connectivity index (χ2v) is 8.61. The molecule has 0 radical (unpaired) electrons. The van der Waals surface area contributed by atoms with Crippen molar-refractivity contribution in [3.8, 4) is 11.8 Å². The molecule has 1 saturated heterocycles. The van der Waals surface area contributed by atoms with Crippen molar-refractivity contribution in [1.82, 2.24) is 4.31 Å². The third kappa shape index (κ3) is 4.58. The Morgan fingerprint density at radius 3 is 2.52 bits per heavy atom. The van der Waals surface area contributed by atoms with Crippen LogP contribution < -0.4 is 10.1 Å². The standard InChI is InChI=1S/C21H23N3O4S/c1-2-28-19-9-5-4-8-18(19)23-21(25)16-11-13-24(14-12-16)29(26,27)20-10-6-3-7-17(20)15-22/h3-10,16H,2,11-14H2,1H3,(H,23,25). The largest absolute Gasteiger partial charge is 0.492 e. The molecule has 0 aromatic heterocycles. The predicted octanol–water partition coefficient (Wildman–Crippen LogP) is 3.00. The molecule has 2 aromatic carbocycles. The lowest BCUT2D eigenvalue weighted by molar-refractivity contribution is -0.120. The lowest BCUT2D eigenvalue weighted by Crippen LogP contribution is -2.41. The molecule has 1 aliphatic heterocycles. The van der Waals surface area contributed by atoms with E-state index in [0.717, 1.165) is 0 Å². The molecule has 0 saturated carbocycles. The molecular weight excluding hydrogens is 390 g/mol. The molecule has 2 aromatic rings. The quantitative estimate of drug-likeness (QED) is 0.785. The molecule has 29 heavy (non-hydrogen) atoms. The number of nitriles is 1. The number of carbonyl (C=O) groups is 1. The summed E-state index contributed by atoms with van der Waals surface area (Å²) in [5.41, 5.74) is 0.734. The van der Waals surface area contributed by atoms with Gasteiger partial charge in [-0.15, -0.1) is 0 Å². The molecule has 0 aliphatic carbocycles. The number of hydrogen-bond donors (Lipinski definition) is 1. The zero-order chi connectivity index (χ0) is 20.9. The number of anilines is 1. The van der Waals surface area contributed by atoms with Crippen molar-refractivity contribution in [2.75, 3.05) is 25.0 Å². The number of para-hydroxylation sites is 2. The first-order valence-corrected chi connectivity index (χ1v) is 10.9. The van der Waals surface area contributed by atoms with Gasteiger partial charge in [0.2, 0.25) is 15.9 Å². The molecule has 1 N–H and O–H groups in total. The Labute approximate surface area is 171 Å². The molecule has 8 heteroatoms. The topological polar surface area (TPSA) is 99.5 Å². The van der Waals surface area contributed by atoms with Crippen LogP contribution in [0.15, 0.2) is 53.4 Å². The number of nitrogens with one attached hydrogen (secondary N) is 1. The highest BCUT2D eigenvalue weighted by Crippen LogP contribution is 2.28. The van der Waals surface area contributed by atoms with Crippen LogP contribution in [0, 0.1) is 17.2 Å². The third-order valence-corrected chi connectivity index (χ3v) is 6.85. The van der Waals surface area contributed by atoms with Crippen LogP contribution in [0.25, 0.3) is 0 Å². The first-order chi connectivity index (χ1) is 14.0. The molecule has 1 fully saturated rings. The van der Waals surface area contributed by atoms with Crippen molar-refractivity contribution in [2.24, 2.45) is 5.92 Å². The molecule has 152 valence electrons. The Morgan fingerprint density at radius 2 is 1.83 bits per heavy atom. The number of nitrogens with zero attached hydrogens (tertiary/aromatic N) is 2. The van der Waals surface area contributed by atoms with Crippen molar-refractivity contribution in [3.05, 3.63) is 54.1 Å². The molecule has 7 nitrogen and oxygen atoms in total. The van der Waals surface area contributed by atoms with Gasteiger partial charge in [0.15, 0.2) is 0 Å². The second-order valence-electron chi connectivity index (χ2n) is 6.70. The van der Waals surface area contributed by atoms with Crippen molar-refractivity contribution in [1.29, 1.82) is 5.26 Å². The highest BCUT2D eigenvalue weighted by Gasteiger charge is 2.33. The van der Waals surface area contributed by atoms with Gasteiger partial charge in [-0.25, -0.2) is 8.42 Å². The molecular formula is C21H23N3O4S. The van der Waals surface area contributed by atoms with Crippen LogP contribution in [0.3, 0.4) is 0 Å². The Hall–Kier alpha value is -2.89. The summed E-state index contributed by atoms with van der Waals surface area (Å²) in [5, 5.41) is 12.1. The summed E-state index contributed by atoms with van der Waals surface area (Å²) in [6, 6.07) is 15.3. The van der Waals surface area contributed by atoms with Crippen LogP contribution in [-0.2, 0) is 14.8 Å². The van der Waals surface area contributed by atoms with Crippen LogP contribution in [0.4, 0.5) is 5.69 Å². The zero-order valence-corrected chi connectivity index (χ0v) is 17.0. The summed E-state index contributed by atoms with van der Waals surface area (Å²) < 4.78 is 32.7. The van der Waals surface area contributed by atoms with E-state index in [1.165, 1.54) is 16.4 Å². The van der Waals surface area contributed by atoms with Gasteiger partial charge in [0.05, 0.1) is 22.8 Å². The second kappa shape index (κ2) is 9.07. The van der Waals surface area contributed by atoms with Gasteiger partial charge in [0, 0.05) is 19.0 Å². The minimum absolute atomic E-state index is 0.0102. The average molecular weight is 413 g/mol. The Bertz CT molecular complexity index is 1020. The van der Waals surface area contributed by atoms with Gasteiger partial charge in [0.1, 0.15) is 11.8 Å². The molecule has 0 atom stereocenters. The van der Waals surface area contributed by atoms with E-state index in [1.54, 1.807) is 24.3 Å². The molecule has 1 heterocycles. The van der Waals surface area contributed by atoms with Gasteiger partial charge < -0.3 is 10.1 Å². The van der Waals surface area contributed by atoms with Gasteiger partial charge in [0.25, 0.3) is 0 Å². The minimum atomic E-state index is -3.77. The van der Waals surface area contributed by atoms with E-state index in [4.69, 9.17) is 4.74 Å². The molecule has 0 unspecified atom stereocenters. The maximum absolute atomic E-state index is 12.9. The van der Waals surface area contributed by atoms with Gasteiger partial charge in [-0.2, -0.15) is 9.57 Å². The van der Waals surface area contributed by atoms with E-state index in [-0.39, 0.29) is 35.4 Å². The maximum Gasteiger partial charge on any atom is 0.244 e. The third-order valence-electron chi connectivity index (χ3n) is 4.89. The average Bonchev–Trinajstić information content (AvgIpc) is 2.75. The van der Waals surface area contributed by atoms with E-state index < -0.39 is 10.0 Å². The summed E-state index contributed by atoms with van der Waals surface area (Å²) in [6.07, 6.45) is 0.827. The molecule has 0 spiro atoms. The van der Waals surface area contributed by atoms with Crippen LogP contribution in [0.5, 0.6) is 5.75 Å². The van der Waals surface area contributed by atoms with E-state index in [0.29, 0.717) is 30.9 Å². The van der Waals surface area contributed by atoms with Crippen LogP contribution in [0.2, 0.25) is 0 Å². The first kappa shape index (κ1) is 20.8. The Balaban J connectivity index is 1.66. The molecule has 1 amide bonds. The maximum atomic E-state index is 12.9. The fourth-order valence-corrected chi connectivity index (χ4v) is 4.98. The summed E-state index contributed by atoms with van der Waals surface area (Å²) in [5.74, 6) is 0.172. The summed E-state index contributed by atoms with van der Waals surface area (Å²) >= 11 is 0. The number of benzene rings is 2. The lowest BCUT2D eigenvalue weighted by Gasteiger charge is -2.30. The van der Waals surface area contributed by atoms with E-state index in [1.807, 2.05) is 25.1 Å². The fraction of sp³-hybridized carbons (Fsp3) is 0.333. The predicted molar refractivity (Wildman–Crippen MR) is 109 cm³/mol. The van der Waals surface area contributed by atoms with Crippen LogP contribution in [-0.4, -0.2) is 38.3 Å². The number of rotatable bonds is 6. The molecule has 0 bridgehead atoms. The molecule has 1 aliphatic rings. The number of hydrogen-bond acceptors (Lipinski definition) is 5. The van der Waals surface area contributed by atoms with Crippen molar-refractivity contribution < 1.29 is 17.9 Å². The molecule has 3 rings (SSSR count). The summed E-state index contributed by atoms with van der Waals surface area (Å²) in [6.45, 7) is 2.83. The number of ether oxygens (including phenoxy) is 1. The van der Waals surface area contributed by atoms with Crippen molar-refractivity contribution >= 4 is 21.6 Å². The Morgan fingerprint density at radius 1 is 1.17 bits per heavy atom. The van der Waals surface area contributed by atoms with E-state index >= 15 is 0 Å². The lowest BCUT2D eigenvalue weighted by atomic mass is 9.97. The monoisotopic (exact) mass is 413 g/mol. The van der Waals surface area contributed by atoms with Crippen molar-refractivity contribution in [3.63, 3.8) is 0 Å². The van der Waals surface area contributed by atoms with Crippen molar-refractivity contribution in [2.45, 2.75) is 24.7 Å². The van der Waals surface area contributed by atoms with E-state index in [9.17, 15) is 18.5 Å². The normalized spacial score (nSPS) is 15.4. The van der Waals surface area contributed by atoms with Gasteiger partial charge in [-0.05, 0) is 44.0 Å². The van der Waals surface area contributed by atoms with Crippen LogP contribution >= 0.6 is 0 Å². The van der Waals surface area contributed by atoms with E-state index in [2.05, 4.69) is 5.32 Å². The fourth-order valence-electron chi connectivity index (χ4n) is 3.37. The van der Waals surface area contributed by atoms with Gasteiger partial charge >= 0.3 is 0 Å². The van der Waals surface area contributed by atoms with Crippen LogP contribution in [0.1, 0.15) is 25.3 Å². The Kier molecular flexibility index (Phi) is 6.52. The summed E-state index contributed by atoms with van der Waals surface area (Å²) in [4.78, 5) is 12.7. The smallest absolute Gasteiger partial charge is 0.244 e. The number of sulfonamides is 1. The highest BCUT2D eigenvalue weighted by molar-refractivity contribution is 7.89. The number of piperidine rings is 1. The van der Waals surface area contributed by atoms with Gasteiger partial charge in [-0.3, -0.25) is 4.79 Å². The van der Waals surface area contributed by atoms with Gasteiger partial charge in [-0.1, -0.05) is 24.3 Å². The first-order valence-electron chi connectivity index (χ1n) is 9.49. The SMILES string of the molecule is CCOc1ccccc1NC(=O)C1CCN(S(=O)(=O)c2ccccc2C#N)CC1. The zero-order valence-electron chi connectivity index (χ0n) is 16.2. The highest BCUT2D eigenvalue weighted by atomic mass is 32.2. The number of carbonyl (C=O) groups excluding carboxylic acids is 1. The number of amides is 1. The minimum Gasteiger partial charge on any atom is -0.492 e.